The Kier molecular flexibility index (Phi) is 4.30. The number of fused-ring (bicyclic) bond motifs is 1. The van der Waals surface area contributed by atoms with Gasteiger partial charge in [0.15, 0.2) is 5.43 Å². The molecule has 0 aliphatic heterocycles. The molecule has 0 saturated carbocycles. The highest BCUT2D eigenvalue weighted by atomic mass is 16.1. The van der Waals surface area contributed by atoms with E-state index >= 15 is 0 Å². The number of H-pyrrole nitrogens is 1. The Hall–Kier alpha value is -2.40. The van der Waals surface area contributed by atoms with Crippen LogP contribution in [0.5, 0.6) is 0 Å². The summed E-state index contributed by atoms with van der Waals surface area (Å²) in [6.07, 6.45) is 3.70. The maximum atomic E-state index is 12.3. The number of aromatic nitrogens is 3. The van der Waals surface area contributed by atoms with Crippen LogP contribution in [-0.2, 0) is 19.6 Å². The minimum Gasteiger partial charge on any atom is -0.357 e. The standard InChI is InChI=1S/C18H22N4O/c1-4-22-11-20-10-15(22)9-19-8-14-7-17(23)16-6-12(2)5-13(3)18(16)21-14/h5-7,10-11,19H,4,8-9H2,1-3H3,(H,21,23). The summed E-state index contributed by atoms with van der Waals surface area (Å²) in [5.74, 6) is 0. The predicted molar refractivity (Wildman–Crippen MR) is 92.5 cm³/mol. The SMILES string of the molecule is CCn1cncc1CNCc1cc(=O)c2cc(C)cc(C)c2[nH]1. The first-order valence-corrected chi connectivity index (χ1v) is 7.91. The molecule has 5 nitrogen and oxygen atoms in total. The lowest BCUT2D eigenvalue weighted by Gasteiger charge is -2.10. The van der Waals surface area contributed by atoms with Crippen LogP contribution in [0.2, 0.25) is 0 Å². The van der Waals surface area contributed by atoms with E-state index in [1.165, 1.54) is 0 Å². The Labute approximate surface area is 135 Å². The molecule has 0 saturated heterocycles. The van der Waals surface area contributed by atoms with Gasteiger partial charge in [-0.2, -0.15) is 0 Å². The minimum atomic E-state index is 0.0703. The molecule has 2 heterocycles. The van der Waals surface area contributed by atoms with E-state index in [1.54, 1.807) is 6.07 Å². The average molecular weight is 310 g/mol. The van der Waals surface area contributed by atoms with Gasteiger partial charge in [0, 0.05) is 43.0 Å². The van der Waals surface area contributed by atoms with Gasteiger partial charge in [0.2, 0.25) is 0 Å². The van der Waals surface area contributed by atoms with Crippen LogP contribution in [0.3, 0.4) is 0 Å². The summed E-state index contributed by atoms with van der Waals surface area (Å²) in [4.78, 5) is 19.9. The molecule has 0 aliphatic carbocycles. The smallest absolute Gasteiger partial charge is 0.189 e. The van der Waals surface area contributed by atoms with E-state index in [1.807, 2.05) is 32.4 Å². The van der Waals surface area contributed by atoms with Gasteiger partial charge in [-0.15, -0.1) is 0 Å². The van der Waals surface area contributed by atoms with E-state index in [2.05, 4.69) is 32.8 Å². The number of nitrogens with one attached hydrogen (secondary N) is 2. The van der Waals surface area contributed by atoms with Gasteiger partial charge >= 0.3 is 0 Å². The van der Waals surface area contributed by atoms with Gasteiger partial charge < -0.3 is 14.9 Å². The number of pyridine rings is 1. The van der Waals surface area contributed by atoms with Crippen molar-refractivity contribution in [1.82, 2.24) is 19.9 Å². The molecule has 2 aromatic heterocycles. The Morgan fingerprint density at radius 1 is 1.22 bits per heavy atom. The number of imidazole rings is 1. The molecule has 0 amide bonds. The molecule has 0 spiro atoms. The molecule has 0 unspecified atom stereocenters. The fraction of sp³-hybridized carbons (Fsp3) is 0.333. The van der Waals surface area contributed by atoms with Gasteiger partial charge in [-0.3, -0.25) is 4.79 Å². The van der Waals surface area contributed by atoms with Crippen LogP contribution in [0.25, 0.3) is 10.9 Å². The van der Waals surface area contributed by atoms with Gasteiger partial charge in [-0.05, 0) is 38.0 Å². The Bertz CT molecular complexity index is 892. The number of hydrogen-bond donors (Lipinski definition) is 2. The lowest BCUT2D eigenvalue weighted by atomic mass is 10.1. The summed E-state index contributed by atoms with van der Waals surface area (Å²) in [5, 5.41) is 4.13. The van der Waals surface area contributed by atoms with Crippen LogP contribution in [0.1, 0.15) is 29.4 Å². The number of benzene rings is 1. The minimum absolute atomic E-state index is 0.0703. The van der Waals surface area contributed by atoms with E-state index in [9.17, 15) is 4.79 Å². The van der Waals surface area contributed by atoms with Crippen molar-refractivity contribution in [2.75, 3.05) is 0 Å². The number of hydrogen-bond acceptors (Lipinski definition) is 3. The molecule has 0 radical (unpaired) electrons. The fourth-order valence-electron chi connectivity index (χ4n) is 2.96. The fourth-order valence-corrected chi connectivity index (χ4v) is 2.96. The largest absolute Gasteiger partial charge is 0.357 e. The predicted octanol–water partition coefficient (Wildman–Crippen LogP) is 2.65. The first kappa shape index (κ1) is 15.5. The number of nitrogens with zero attached hydrogens (tertiary/aromatic N) is 2. The molecule has 23 heavy (non-hydrogen) atoms. The summed E-state index contributed by atoms with van der Waals surface area (Å²) >= 11 is 0. The maximum Gasteiger partial charge on any atom is 0.189 e. The van der Waals surface area contributed by atoms with E-state index < -0.39 is 0 Å². The van der Waals surface area contributed by atoms with Crippen molar-refractivity contribution in [2.24, 2.45) is 0 Å². The molecule has 120 valence electrons. The Balaban J connectivity index is 1.80. The van der Waals surface area contributed by atoms with E-state index in [0.29, 0.717) is 6.54 Å². The van der Waals surface area contributed by atoms with Gasteiger partial charge in [0.1, 0.15) is 0 Å². The lowest BCUT2D eigenvalue weighted by Crippen LogP contribution is -2.18. The topological polar surface area (TPSA) is 62.7 Å². The molecule has 0 aliphatic rings. The van der Waals surface area contributed by atoms with Crippen molar-refractivity contribution in [1.29, 1.82) is 0 Å². The third kappa shape index (κ3) is 3.19. The van der Waals surface area contributed by atoms with E-state index in [-0.39, 0.29) is 5.43 Å². The summed E-state index contributed by atoms with van der Waals surface area (Å²) < 4.78 is 2.10. The zero-order chi connectivity index (χ0) is 16.4. The highest BCUT2D eigenvalue weighted by Gasteiger charge is 2.06. The van der Waals surface area contributed by atoms with Crippen molar-refractivity contribution >= 4 is 10.9 Å². The van der Waals surface area contributed by atoms with Gasteiger partial charge in [-0.25, -0.2) is 4.98 Å². The summed E-state index contributed by atoms with van der Waals surface area (Å²) in [6, 6.07) is 5.72. The third-order valence-electron chi connectivity index (χ3n) is 4.10. The summed E-state index contributed by atoms with van der Waals surface area (Å²) in [5.41, 5.74) is 5.25. The molecule has 2 N–H and O–H groups in total. The van der Waals surface area contributed by atoms with Crippen molar-refractivity contribution in [3.63, 3.8) is 0 Å². The highest BCUT2D eigenvalue weighted by Crippen LogP contribution is 2.16. The lowest BCUT2D eigenvalue weighted by molar-refractivity contribution is 0.623. The third-order valence-corrected chi connectivity index (χ3v) is 4.10. The van der Waals surface area contributed by atoms with Gasteiger partial charge in [0.25, 0.3) is 0 Å². The molecule has 5 heteroatoms. The second-order valence-electron chi connectivity index (χ2n) is 5.94. The first-order chi connectivity index (χ1) is 11.1. The van der Waals surface area contributed by atoms with Crippen molar-refractivity contribution in [2.45, 2.75) is 40.4 Å². The Morgan fingerprint density at radius 3 is 2.83 bits per heavy atom. The van der Waals surface area contributed by atoms with Crippen LogP contribution < -0.4 is 10.7 Å². The zero-order valence-corrected chi connectivity index (χ0v) is 13.8. The first-order valence-electron chi connectivity index (χ1n) is 7.91. The molecule has 0 bridgehead atoms. The summed E-state index contributed by atoms with van der Waals surface area (Å²) in [7, 11) is 0. The molecule has 1 aromatic carbocycles. The molecule has 0 atom stereocenters. The highest BCUT2D eigenvalue weighted by molar-refractivity contribution is 5.82. The van der Waals surface area contributed by atoms with Crippen LogP contribution >= 0.6 is 0 Å². The van der Waals surface area contributed by atoms with E-state index in [0.717, 1.165) is 46.5 Å². The Morgan fingerprint density at radius 2 is 2.04 bits per heavy atom. The van der Waals surface area contributed by atoms with Crippen molar-refractivity contribution in [3.8, 4) is 0 Å². The van der Waals surface area contributed by atoms with Crippen LogP contribution in [-0.4, -0.2) is 14.5 Å². The van der Waals surface area contributed by atoms with Gasteiger partial charge in [0.05, 0.1) is 17.5 Å². The normalized spacial score (nSPS) is 11.3. The van der Waals surface area contributed by atoms with Crippen LogP contribution in [0.4, 0.5) is 0 Å². The van der Waals surface area contributed by atoms with Crippen molar-refractivity contribution in [3.05, 3.63) is 63.5 Å². The summed E-state index contributed by atoms with van der Waals surface area (Å²) in [6.45, 7) is 8.38. The molecule has 3 rings (SSSR count). The van der Waals surface area contributed by atoms with Gasteiger partial charge in [-0.1, -0.05) is 6.07 Å². The van der Waals surface area contributed by atoms with Crippen LogP contribution in [0, 0.1) is 13.8 Å². The zero-order valence-electron chi connectivity index (χ0n) is 13.8. The molecule has 0 fully saturated rings. The monoisotopic (exact) mass is 310 g/mol. The quantitative estimate of drug-likeness (QED) is 0.761. The number of aryl methyl sites for hydroxylation is 3. The van der Waals surface area contributed by atoms with Crippen molar-refractivity contribution < 1.29 is 0 Å². The number of rotatable bonds is 5. The number of aromatic amines is 1. The average Bonchev–Trinajstić information content (AvgIpc) is 2.96. The maximum absolute atomic E-state index is 12.3. The molecule has 3 aromatic rings. The second-order valence-corrected chi connectivity index (χ2v) is 5.94. The molecular formula is C18H22N4O. The van der Waals surface area contributed by atoms with E-state index in [4.69, 9.17) is 0 Å². The van der Waals surface area contributed by atoms with Crippen LogP contribution in [0.15, 0.2) is 35.5 Å². The second kappa shape index (κ2) is 6.38. The molecular weight excluding hydrogens is 288 g/mol.